The van der Waals surface area contributed by atoms with Crippen molar-refractivity contribution in [1.82, 2.24) is 19.8 Å². The monoisotopic (exact) mass is 363 g/mol. The predicted octanol–water partition coefficient (Wildman–Crippen LogP) is 1.82. The number of carbonyl (C=O) groups excluding carboxylic acids is 2. The van der Waals surface area contributed by atoms with Crippen molar-refractivity contribution in [3.05, 3.63) is 53.1 Å². The maximum absolute atomic E-state index is 12.9. The number of aromatic nitrogens is 2. The van der Waals surface area contributed by atoms with Gasteiger partial charge in [0.2, 0.25) is 5.91 Å². The first-order valence-corrected chi connectivity index (χ1v) is 9.16. The second kappa shape index (κ2) is 6.54. The van der Waals surface area contributed by atoms with Crippen molar-refractivity contribution in [2.24, 2.45) is 0 Å². The van der Waals surface area contributed by atoms with E-state index in [9.17, 15) is 14.9 Å². The van der Waals surface area contributed by atoms with E-state index in [2.05, 4.69) is 16.0 Å². The fraction of sp³-hybridized carbons (Fsp3) is 0.400. The van der Waals surface area contributed by atoms with Gasteiger partial charge in [0.05, 0.1) is 34.8 Å². The second-order valence-corrected chi connectivity index (χ2v) is 7.13. The molecule has 2 aliphatic rings. The topological polar surface area (TPSA) is 93.1 Å². The van der Waals surface area contributed by atoms with Gasteiger partial charge in [0, 0.05) is 38.7 Å². The summed E-state index contributed by atoms with van der Waals surface area (Å²) in [6.45, 7) is 3.30. The molecule has 2 aliphatic heterocycles. The Morgan fingerprint density at radius 3 is 2.67 bits per heavy atom. The number of piperidine rings is 1. The van der Waals surface area contributed by atoms with Gasteiger partial charge in [-0.1, -0.05) is 12.1 Å². The van der Waals surface area contributed by atoms with Crippen LogP contribution in [0, 0.1) is 11.3 Å². The van der Waals surface area contributed by atoms with Crippen molar-refractivity contribution in [2.75, 3.05) is 19.6 Å². The highest BCUT2D eigenvalue weighted by Gasteiger charge is 2.48. The molecule has 138 valence electrons. The number of nitrogens with one attached hydrogen (secondary N) is 1. The van der Waals surface area contributed by atoms with Crippen LogP contribution in [0.3, 0.4) is 0 Å². The van der Waals surface area contributed by atoms with Crippen molar-refractivity contribution >= 4 is 11.8 Å². The van der Waals surface area contributed by atoms with E-state index in [0.29, 0.717) is 43.6 Å². The zero-order valence-corrected chi connectivity index (χ0v) is 15.2. The molecule has 1 saturated heterocycles. The highest BCUT2D eigenvalue weighted by Crippen LogP contribution is 2.42. The zero-order chi connectivity index (χ0) is 19.0. The van der Waals surface area contributed by atoms with Crippen LogP contribution in [0.25, 0.3) is 0 Å². The van der Waals surface area contributed by atoms with Crippen LogP contribution < -0.4 is 0 Å². The van der Waals surface area contributed by atoms with E-state index in [1.807, 2.05) is 4.90 Å². The summed E-state index contributed by atoms with van der Waals surface area (Å²) in [5.41, 5.74) is 2.39. The summed E-state index contributed by atoms with van der Waals surface area (Å²) in [6, 6.07) is 8.97. The highest BCUT2D eigenvalue weighted by molar-refractivity contribution is 5.96. The average Bonchev–Trinajstić information content (AvgIpc) is 3.18. The van der Waals surface area contributed by atoms with Crippen LogP contribution in [-0.4, -0.2) is 51.2 Å². The number of nitrogens with zero attached hydrogens (tertiary/aromatic N) is 4. The second-order valence-electron chi connectivity index (χ2n) is 7.13. The highest BCUT2D eigenvalue weighted by atomic mass is 16.2. The number of hydrogen-bond acceptors (Lipinski definition) is 4. The molecule has 1 aromatic heterocycles. The van der Waals surface area contributed by atoms with Crippen molar-refractivity contribution in [1.29, 1.82) is 5.26 Å². The summed E-state index contributed by atoms with van der Waals surface area (Å²) in [7, 11) is 0. The quantitative estimate of drug-likeness (QED) is 0.836. The summed E-state index contributed by atoms with van der Waals surface area (Å²) < 4.78 is 0. The third kappa shape index (κ3) is 2.69. The maximum atomic E-state index is 12.9. The number of benzene rings is 1. The molecule has 1 fully saturated rings. The van der Waals surface area contributed by atoms with Gasteiger partial charge in [-0.2, -0.15) is 5.26 Å². The Balaban J connectivity index is 1.60. The lowest BCUT2D eigenvalue weighted by Crippen LogP contribution is -2.58. The van der Waals surface area contributed by atoms with Gasteiger partial charge < -0.3 is 14.8 Å². The van der Waals surface area contributed by atoms with Crippen LogP contribution in [0.4, 0.5) is 0 Å². The molecule has 27 heavy (non-hydrogen) atoms. The van der Waals surface area contributed by atoms with Crippen molar-refractivity contribution in [3.8, 4) is 6.07 Å². The molecule has 2 aromatic rings. The summed E-state index contributed by atoms with van der Waals surface area (Å²) in [5, 5.41) is 9.27. The van der Waals surface area contributed by atoms with Crippen molar-refractivity contribution in [2.45, 2.75) is 31.7 Å². The summed E-state index contributed by atoms with van der Waals surface area (Å²) >= 11 is 0. The first-order chi connectivity index (χ1) is 13.1. The number of aromatic amines is 1. The maximum Gasteiger partial charge on any atom is 0.255 e. The number of hydrogen-bond donors (Lipinski definition) is 1. The number of nitriles is 1. The molecule has 4 rings (SSSR count). The van der Waals surface area contributed by atoms with Crippen LogP contribution in [0.1, 0.15) is 47.1 Å². The molecule has 7 heteroatoms. The van der Waals surface area contributed by atoms with Gasteiger partial charge in [0.25, 0.3) is 5.91 Å². The third-order valence-corrected chi connectivity index (χ3v) is 5.80. The first-order valence-electron chi connectivity index (χ1n) is 9.16. The number of imidazole rings is 1. The Labute approximate surface area is 157 Å². The Kier molecular flexibility index (Phi) is 4.19. The molecule has 1 aromatic carbocycles. The van der Waals surface area contributed by atoms with Gasteiger partial charge in [-0.05, 0) is 25.0 Å². The molecule has 2 amide bonds. The fourth-order valence-corrected chi connectivity index (χ4v) is 4.46. The minimum Gasteiger partial charge on any atom is -0.348 e. The molecule has 3 heterocycles. The van der Waals surface area contributed by atoms with Crippen molar-refractivity contribution in [3.63, 3.8) is 0 Å². The van der Waals surface area contributed by atoms with Crippen LogP contribution in [0.5, 0.6) is 0 Å². The van der Waals surface area contributed by atoms with Gasteiger partial charge in [0.15, 0.2) is 0 Å². The van der Waals surface area contributed by atoms with Crippen molar-refractivity contribution < 1.29 is 9.59 Å². The van der Waals surface area contributed by atoms with Gasteiger partial charge in [0.1, 0.15) is 0 Å². The predicted molar refractivity (Wildman–Crippen MR) is 97.7 cm³/mol. The van der Waals surface area contributed by atoms with Gasteiger partial charge in [-0.15, -0.1) is 0 Å². The lowest BCUT2D eigenvalue weighted by Gasteiger charge is -2.50. The van der Waals surface area contributed by atoms with Gasteiger partial charge in [-0.3, -0.25) is 9.59 Å². The van der Waals surface area contributed by atoms with Crippen LogP contribution >= 0.6 is 0 Å². The average molecular weight is 363 g/mol. The van der Waals surface area contributed by atoms with E-state index in [1.165, 1.54) is 0 Å². The van der Waals surface area contributed by atoms with E-state index >= 15 is 0 Å². The minimum absolute atomic E-state index is 0.0400. The fourth-order valence-electron chi connectivity index (χ4n) is 4.46. The normalized spacial score (nSPS) is 18.1. The smallest absolute Gasteiger partial charge is 0.255 e. The lowest BCUT2D eigenvalue weighted by molar-refractivity contribution is -0.139. The molecule has 1 spiro atoms. The van der Waals surface area contributed by atoms with E-state index in [0.717, 1.165) is 17.8 Å². The van der Waals surface area contributed by atoms with Crippen LogP contribution in [-0.2, 0) is 16.8 Å². The number of likely N-dealkylation sites (tertiary alicyclic amines) is 1. The lowest BCUT2D eigenvalue weighted by atomic mass is 9.78. The number of H-pyrrole nitrogens is 1. The Morgan fingerprint density at radius 1 is 1.22 bits per heavy atom. The largest absolute Gasteiger partial charge is 0.348 e. The zero-order valence-electron chi connectivity index (χ0n) is 15.2. The Bertz CT molecular complexity index is 934. The third-order valence-electron chi connectivity index (χ3n) is 5.80. The Morgan fingerprint density at radius 2 is 1.96 bits per heavy atom. The molecule has 1 N–H and O–H groups in total. The molecular weight excluding hydrogens is 342 g/mol. The molecule has 7 nitrogen and oxygen atoms in total. The number of amides is 2. The minimum atomic E-state index is -0.453. The molecule has 0 saturated carbocycles. The summed E-state index contributed by atoms with van der Waals surface area (Å²) in [4.78, 5) is 36.6. The number of carbonyl (C=O) groups is 2. The number of fused-ring (bicyclic) bond motifs is 2. The molecular formula is C20H21N5O2. The van der Waals surface area contributed by atoms with Gasteiger partial charge >= 0.3 is 0 Å². The molecule has 0 radical (unpaired) electrons. The molecule has 0 aliphatic carbocycles. The summed E-state index contributed by atoms with van der Waals surface area (Å²) in [5.74, 6) is -0.0901. The van der Waals surface area contributed by atoms with E-state index in [-0.39, 0.29) is 11.8 Å². The van der Waals surface area contributed by atoms with Gasteiger partial charge in [-0.25, -0.2) is 4.98 Å². The van der Waals surface area contributed by atoms with E-state index < -0.39 is 5.54 Å². The van der Waals surface area contributed by atoms with Crippen LogP contribution in [0.15, 0.2) is 30.6 Å². The number of rotatable bonds is 1. The molecule has 0 bridgehead atoms. The summed E-state index contributed by atoms with van der Waals surface area (Å²) in [6.07, 6.45) is 3.75. The van der Waals surface area contributed by atoms with E-state index in [1.54, 1.807) is 42.4 Å². The Hall–Kier alpha value is -3.14. The SMILES string of the molecule is CC(=O)N1CCc2[nH]cnc2C12CCN(C(=O)c1ccccc1C#N)CC2. The standard InChI is InChI=1S/C20H21N5O2/c1-14(26)25-9-6-17-18(23-13-22-17)20(25)7-10-24(11-8-20)19(27)16-5-3-2-4-15(16)12-21/h2-5,13H,6-11H2,1H3,(H,22,23). The van der Waals surface area contributed by atoms with E-state index in [4.69, 9.17) is 0 Å². The molecule has 0 atom stereocenters. The first kappa shape index (κ1) is 17.3. The molecule has 0 unspecified atom stereocenters. The van der Waals surface area contributed by atoms with Crippen LogP contribution in [0.2, 0.25) is 0 Å².